The first-order valence-electron chi connectivity index (χ1n) is 6.60. The van der Waals surface area contributed by atoms with Crippen LogP contribution in [-0.4, -0.2) is 12.9 Å². The van der Waals surface area contributed by atoms with Gasteiger partial charge in [0.1, 0.15) is 0 Å². The summed E-state index contributed by atoms with van der Waals surface area (Å²) in [5, 5.41) is 0. The molecule has 0 spiro atoms. The van der Waals surface area contributed by atoms with Crippen molar-refractivity contribution in [2.24, 2.45) is 5.92 Å². The van der Waals surface area contributed by atoms with Crippen molar-refractivity contribution in [2.45, 2.75) is 38.5 Å². The average Bonchev–Trinajstić information content (AvgIpc) is 2.67. The van der Waals surface area contributed by atoms with Gasteiger partial charge in [0.2, 0.25) is 0 Å². The van der Waals surface area contributed by atoms with E-state index in [1.54, 1.807) is 18.2 Å². The highest BCUT2D eigenvalue weighted by molar-refractivity contribution is 5.98. The van der Waals surface area contributed by atoms with E-state index in [1.807, 2.05) is 0 Å². The van der Waals surface area contributed by atoms with Gasteiger partial charge in [0, 0.05) is 5.92 Å². The molecule has 0 bridgehead atoms. The molecule has 2 rings (SSSR count). The Hall–Kier alpha value is -1.38. The first-order valence-corrected chi connectivity index (χ1v) is 6.60. The van der Waals surface area contributed by atoms with Crippen LogP contribution < -0.4 is 4.74 Å². The first kappa shape index (κ1) is 13.1. The van der Waals surface area contributed by atoms with Gasteiger partial charge in [0.15, 0.2) is 17.3 Å². The Morgan fingerprint density at radius 1 is 1.22 bits per heavy atom. The van der Waals surface area contributed by atoms with Crippen molar-refractivity contribution < 1.29 is 13.9 Å². The second-order valence-electron chi connectivity index (χ2n) is 4.87. The maximum atomic E-state index is 14.0. The Labute approximate surface area is 107 Å². The Bertz CT molecular complexity index is 421. The van der Waals surface area contributed by atoms with Gasteiger partial charge in [0.05, 0.1) is 12.7 Å². The lowest BCUT2D eigenvalue weighted by atomic mass is 9.91. The summed E-state index contributed by atoms with van der Waals surface area (Å²) in [6.45, 7) is 0. The van der Waals surface area contributed by atoms with Crippen LogP contribution >= 0.6 is 0 Å². The summed E-state index contributed by atoms with van der Waals surface area (Å²) < 4.78 is 19.0. The van der Waals surface area contributed by atoms with E-state index in [0.717, 1.165) is 25.7 Å². The predicted molar refractivity (Wildman–Crippen MR) is 68.5 cm³/mol. The zero-order valence-corrected chi connectivity index (χ0v) is 10.7. The summed E-state index contributed by atoms with van der Waals surface area (Å²) in [7, 11) is 1.41. The predicted octanol–water partition coefficient (Wildman–Crippen LogP) is 3.99. The quantitative estimate of drug-likeness (QED) is 0.599. The van der Waals surface area contributed by atoms with E-state index in [2.05, 4.69) is 0 Å². The van der Waals surface area contributed by atoms with Gasteiger partial charge in [-0.05, 0) is 25.0 Å². The van der Waals surface area contributed by atoms with Crippen LogP contribution in [0.4, 0.5) is 4.39 Å². The van der Waals surface area contributed by atoms with Crippen LogP contribution in [0.15, 0.2) is 18.2 Å². The molecule has 0 unspecified atom stereocenters. The summed E-state index contributed by atoms with van der Waals surface area (Å²) in [4.78, 5) is 12.3. The third-order valence-electron chi connectivity index (χ3n) is 3.67. The number of methoxy groups -OCH3 is 1. The topological polar surface area (TPSA) is 26.3 Å². The first-order chi connectivity index (χ1) is 8.74. The second-order valence-corrected chi connectivity index (χ2v) is 4.87. The maximum Gasteiger partial charge on any atom is 0.175 e. The van der Waals surface area contributed by atoms with Gasteiger partial charge in [-0.3, -0.25) is 4.79 Å². The molecular weight excluding hydrogens is 231 g/mol. The minimum absolute atomic E-state index is 0.0193. The Balaban J connectivity index is 2.22. The van der Waals surface area contributed by atoms with Crippen LogP contribution in [0.25, 0.3) is 0 Å². The van der Waals surface area contributed by atoms with Crippen molar-refractivity contribution in [3.63, 3.8) is 0 Å². The zero-order chi connectivity index (χ0) is 13.0. The van der Waals surface area contributed by atoms with Gasteiger partial charge in [-0.2, -0.15) is 0 Å². The molecule has 1 aromatic rings. The Morgan fingerprint density at radius 2 is 1.89 bits per heavy atom. The normalized spacial score (nSPS) is 17.2. The standard InChI is InChI=1S/C15H19FO2/c1-18-13-10-6-9-12(14(13)16)15(17)11-7-4-2-3-5-8-11/h6,9-11H,2-5,7-8H2,1H3. The largest absolute Gasteiger partial charge is 0.494 e. The summed E-state index contributed by atoms with van der Waals surface area (Å²) in [6.07, 6.45) is 6.28. The number of hydrogen-bond donors (Lipinski definition) is 0. The third kappa shape index (κ3) is 2.71. The van der Waals surface area contributed by atoms with Gasteiger partial charge in [0.25, 0.3) is 0 Å². The van der Waals surface area contributed by atoms with E-state index in [1.165, 1.54) is 20.0 Å². The summed E-state index contributed by atoms with van der Waals surface area (Å²) in [6, 6.07) is 4.77. The number of ether oxygens (including phenoxy) is 1. The number of carbonyl (C=O) groups excluding carboxylic acids is 1. The van der Waals surface area contributed by atoms with E-state index in [9.17, 15) is 9.18 Å². The number of carbonyl (C=O) groups is 1. The molecule has 0 aromatic heterocycles. The molecule has 0 aliphatic heterocycles. The maximum absolute atomic E-state index is 14.0. The second kappa shape index (κ2) is 5.98. The van der Waals surface area contributed by atoms with Gasteiger partial charge < -0.3 is 4.74 Å². The lowest BCUT2D eigenvalue weighted by molar-refractivity contribution is 0.0903. The van der Waals surface area contributed by atoms with Crippen LogP contribution in [0.1, 0.15) is 48.9 Å². The molecule has 98 valence electrons. The SMILES string of the molecule is COc1cccc(C(=O)C2CCCCCC2)c1F. The van der Waals surface area contributed by atoms with E-state index < -0.39 is 5.82 Å². The molecule has 1 saturated carbocycles. The lowest BCUT2D eigenvalue weighted by Gasteiger charge is -2.14. The molecule has 0 saturated heterocycles. The van der Waals surface area contributed by atoms with Gasteiger partial charge in [-0.25, -0.2) is 4.39 Å². The fourth-order valence-corrected chi connectivity index (χ4v) is 2.62. The lowest BCUT2D eigenvalue weighted by Crippen LogP contribution is -2.16. The summed E-state index contributed by atoms with van der Waals surface area (Å²) in [5.74, 6) is -0.453. The smallest absolute Gasteiger partial charge is 0.175 e. The molecule has 1 aliphatic rings. The van der Waals surface area contributed by atoms with Crippen molar-refractivity contribution >= 4 is 5.78 Å². The van der Waals surface area contributed by atoms with E-state index in [-0.39, 0.29) is 23.0 Å². The highest BCUT2D eigenvalue weighted by Crippen LogP contribution is 2.29. The van der Waals surface area contributed by atoms with Crippen LogP contribution in [0.5, 0.6) is 5.75 Å². The molecule has 0 N–H and O–H groups in total. The minimum atomic E-state index is -0.519. The number of rotatable bonds is 3. The average molecular weight is 250 g/mol. The van der Waals surface area contributed by atoms with Crippen molar-refractivity contribution in [3.8, 4) is 5.75 Å². The van der Waals surface area contributed by atoms with E-state index >= 15 is 0 Å². The van der Waals surface area contributed by atoms with Crippen LogP contribution in [0, 0.1) is 11.7 Å². The monoisotopic (exact) mass is 250 g/mol. The Kier molecular flexibility index (Phi) is 4.34. The highest BCUT2D eigenvalue weighted by atomic mass is 19.1. The van der Waals surface area contributed by atoms with Crippen molar-refractivity contribution in [2.75, 3.05) is 7.11 Å². The molecule has 2 nitrogen and oxygen atoms in total. The van der Waals surface area contributed by atoms with E-state index in [4.69, 9.17) is 4.74 Å². The molecule has 1 fully saturated rings. The molecule has 0 radical (unpaired) electrons. The molecular formula is C15H19FO2. The van der Waals surface area contributed by atoms with Crippen LogP contribution in [0.2, 0.25) is 0 Å². The number of benzene rings is 1. The van der Waals surface area contributed by atoms with Crippen LogP contribution in [0.3, 0.4) is 0 Å². The minimum Gasteiger partial charge on any atom is -0.494 e. The molecule has 1 aliphatic carbocycles. The number of halogens is 1. The van der Waals surface area contributed by atoms with Gasteiger partial charge in [-0.1, -0.05) is 31.7 Å². The zero-order valence-electron chi connectivity index (χ0n) is 10.7. The third-order valence-corrected chi connectivity index (χ3v) is 3.67. The number of ketones is 1. The molecule has 0 atom stereocenters. The molecule has 18 heavy (non-hydrogen) atoms. The van der Waals surface area contributed by atoms with Crippen molar-refractivity contribution in [1.29, 1.82) is 0 Å². The molecule has 1 aromatic carbocycles. The van der Waals surface area contributed by atoms with Crippen molar-refractivity contribution in [3.05, 3.63) is 29.6 Å². The van der Waals surface area contributed by atoms with Crippen molar-refractivity contribution in [1.82, 2.24) is 0 Å². The molecule has 3 heteroatoms. The van der Waals surface area contributed by atoms with E-state index in [0.29, 0.717) is 0 Å². The number of hydrogen-bond acceptors (Lipinski definition) is 2. The van der Waals surface area contributed by atoms with Crippen LogP contribution in [-0.2, 0) is 0 Å². The summed E-state index contributed by atoms with van der Waals surface area (Å²) >= 11 is 0. The Morgan fingerprint density at radius 3 is 2.50 bits per heavy atom. The highest BCUT2D eigenvalue weighted by Gasteiger charge is 2.24. The molecule has 0 heterocycles. The fraction of sp³-hybridized carbons (Fsp3) is 0.533. The van der Waals surface area contributed by atoms with Gasteiger partial charge in [-0.15, -0.1) is 0 Å². The number of Topliss-reactive ketones (excluding diaryl/α,β-unsaturated/α-hetero) is 1. The van der Waals surface area contributed by atoms with Gasteiger partial charge >= 0.3 is 0 Å². The fourth-order valence-electron chi connectivity index (χ4n) is 2.62. The molecule has 0 amide bonds. The summed E-state index contributed by atoms with van der Waals surface area (Å²) in [5.41, 5.74) is 0.182.